The van der Waals surface area contributed by atoms with Crippen molar-refractivity contribution in [3.8, 4) is 6.07 Å². The van der Waals surface area contributed by atoms with Gasteiger partial charge in [0.15, 0.2) is 0 Å². The van der Waals surface area contributed by atoms with E-state index in [1.807, 2.05) is 18.0 Å². The van der Waals surface area contributed by atoms with Gasteiger partial charge in [-0.2, -0.15) is 5.26 Å². The largest absolute Gasteiger partial charge is 0.370 e. The molecular weight excluding hydrogens is 290 g/mol. The van der Waals surface area contributed by atoms with Crippen LogP contribution in [0.3, 0.4) is 0 Å². The Balaban J connectivity index is 2.29. The van der Waals surface area contributed by atoms with Crippen molar-refractivity contribution < 1.29 is 4.92 Å². The molecule has 0 aliphatic rings. The fourth-order valence-corrected chi connectivity index (χ4v) is 2.17. The second kappa shape index (κ2) is 6.25. The van der Waals surface area contributed by atoms with E-state index in [1.54, 1.807) is 30.3 Å². The van der Waals surface area contributed by atoms with Gasteiger partial charge in [0, 0.05) is 35.9 Å². The molecule has 5 nitrogen and oxygen atoms in total. The Morgan fingerprint density at radius 1 is 1.33 bits per heavy atom. The lowest BCUT2D eigenvalue weighted by molar-refractivity contribution is -0.385. The SMILES string of the molecule is CN(Cc1ccc(Cl)cc1[N+](=O)[O-])c1cccc(C#N)c1. The normalized spacial score (nSPS) is 9.95. The Kier molecular flexibility index (Phi) is 4.41. The first-order valence-electron chi connectivity index (χ1n) is 6.15. The van der Waals surface area contributed by atoms with Crippen molar-refractivity contribution in [3.63, 3.8) is 0 Å². The Morgan fingerprint density at radius 2 is 2.10 bits per heavy atom. The molecule has 21 heavy (non-hydrogen) atoms. The van der Waals surface area contributed by atoms with Crippen LogP contribution in [0.5, 0.6) is 0 Å². The lowest BCUT2D eigenvalue weighted by Crippen LogP contribution is -2.17. The molecule has 0 unspecified atom stereocenters. The summed E-state index contributed by atoms with van der Waals surface area (Å²) in [6.07, 6.45) is 0. The summed E-state index contributed by atoms with van der Waals surface area (Å²) in [5.41, 5.74) is 1.92. The average Bonchev–Trinajstić information content (AvgIpc) is 2.48. The van der Waals surface area contributed by atoms with Gasteiger partial charge >= 0.3 is 0 Å². The fourth-order valence-electron chi connectivity index (χ4n) is 2.00. The number of nitro benzene ring substituents is 1. The highest BCUT2D eigenvalue weighted by molar-refractivity contribution is 6.30. The van der Waals surface area contributed by atoms with E-state index in [9.17, 15) is 10.1 Å². The molecule has 0 bridgehead atoms. The molecule has 0 aromatic heterocycles. The molecule has 0 atom stereocenters. The van der Waals surface area contributed by atoms with E-state index in [-0.39, 0.29) is 5.69 Å². The average molecular weight is 302 g/mol. The van der Waals surface area contributed by atoms with Crippen molar-refractivity contribution >= 4 is 23.0 Å². The number of hydrogen-bond acceptors (Lipinski definition) is 4. The molecular formula is C15H12ClN3O2. The number of hydrogen-bond donors (Lipinski definition) is 0. The summed E-state index contributed by atoms with van der Waals surface area (Å²) in [5, 5.41) is 20.3. The third-order valence-corrected chi connectivity index (χ3v) is 3.30. The van der Waals surface area contributed by atoms with Gasteiger partial charge in [0.2, 0.25) is 0 Å². The van der Waals surface area contributed by atoms with Crippen molar-refractivity contribution in [2.45, 2.75) is 6.54 Å². The van der Waals surface area contributed by atoms with Crippen LogP contribution in [-0.4, -0.2) is 12.0 Å². The molecule has 0 saturated heterocycles. The van der Waals surface area contributed by atoms with E-state index >= 15 is 0 Å². The maximum absolute atomic E-state index is 11.1. The number of nitro groups is 1. The van der Waals surface area contributed by atoms with Gasteiger partial charge < -0.3 is 4.90 Å². The summed E-state index contributed by atoms with van der Waals surface area (Å²) >= 11 is 5.80. The molecule has 2 rings (SSSR count). The first-order chi connectivity index (χ1) is 10.0. The number of rotatable bonds is 4. The Morgan fingerprint density at radius 3 is 2.76 bits per heavy atom. The molecule has 0 radical (unpaired) electrons. The molecule has 106 valence electrons. The van der Waals surface area contributed by atoms with Gasteiger partial charge in [0.25, 0.3) is 5.69 Å². The summed E-state index contributed by atoms with van der Waals surface area (Å²) in [4.78, 5) is 12.5. The monoisotopic (exact) mass is 301 g/mol. The molecule has 0 N–H and O–H groups in total. The number of nitrogens with zero attached hydrogens (tertiary/aromatic N) is 3. The minimum Gasteiger partial charge on any atom is -0.370 e. The molecule has 0 amide bonds. The summed E-state index contributed by atoms with van der Waals surface area (Å²) in [7, 11) is 1.81. The lowest BCUT2D eigenvalue weighted by atomic mass is 10.1. The maximum Gasteiger partial charge on any atom is 0.275 e. The van der Waals surface area contributed by atoms with Crippen molar-refractivity contribution in [2.24, 2.45) is 0 Å². The van der Waals surface area contributed by atoms with Crippen LogP contribution in [0.2, 0.25) is 5.02 Å². The van der Waals surface area contributed by atoms with Gasteiger partial charge in [0.1, 0.15) is 0 Å². The molecule has 0 aliphatic heterocycles. The molecule has 0 aliphatic carbocycles. The number of anilines is 1. The zero-order valence-electron chi connectivity index (χ0n) is 11.3. The van der Waals surface area contributed by atoms with Crippen LogP contribution < -0.4 is 4.90 Å². The molecule has 0 heterocycles. The van der Waals surface area contributed by atoms with Crippen LogP contribution in [0.25, 0.3) is 0 Å². The highest BCUT2D eigenvalue weighted by Crippen LogP contribution is 2.26. The lowest BCUT2D eigenvalue weighted by Gasteiger charge is -2.19. The van der Waals surface area contributed by atoms with E-state index in [1.165, 1.54) is 6.07 Å². The number of halogens is 1. The molecule has 0 fully saturated rings. The number of benzene rings is 2. The summed E-state index contributed by atoms with van der Waals surface area (Å²) < 4.78 is 0. The van der Waals surface area contributed by atoms with Crippen LogP contribution >= 0.6 is 11.6 Å². The minimum absolute atomic E-state index is 0.00853. The Labute approximate surface area is 127 Å². The van der Waals surface area contributed by atoms with Crippen molar-refractivity contribution in [2.75, 3.05) is 11.9 Å². The van der Waals surface area contributed by atoms with Crippen molar-refractivity contribution in [3.05, 3.63) is 68.7 Å². The van der Waals surface area contributed by atoms with Crippen molar-refractivity contribution in [1.29, 1.82) is 5.26 Å². The number of nitriles is 1. The third-order valence-electron chi connectivity index (χ3n) is 3.07. The summed E-state index contributed by atoms with van der Waals surface area (Å²) in [6, 6.07) is 13.8. The first kappa shape index (κ1) is 14.8. The molecule has 2 aromatic rings. The van der Waals surface area contributed by atoms with Crippen LogP contribution in [0.1, 0.15) is 11.1 Å². The zero-order chi connectivity index (χ0) is 15.4. The Bertz CT molecular complexity index is 725. The molecule has 0 saturated carbocycles. The predicted octanol–water partition coefficient (Wildman–Crippen LogP) is 3.76. The van der Waals surface area contributed by atoms with Gasteiger partial charge in [-0.3, -0.25) is 10.1 Å². The quantitative estimate of drug-likeness (QED) is 0.637. The predicted molar refractivity (Wildman–Crippen MR) is 81.4 cm³/mol. The van der Waals surface area contributed by atoms with Gasteiger partial charge in [-0.05, 0) is 30.3 Å². The second-order valence-electron chi connectivity index (χ2n) is 4.55. The maximum atomic E-state index is 11.1. The second-order valence-corrected chi connectivity index (χ2v) is 4.98. The van der Waals surface area contributed by atoms with E-state index < -0.39 is 4.92 Å². The minimum atomic E-state index is -0.444. The van der Waals surface area contributed by atoms with E-state index in [0.29, 0.717) is 22.7 Å². The van der Waals surface area contributed by atoms with E-state index in [0.717, 1.165) is 5.69 Å². The van der Waals surface area contributed by atoms with Crippen LogP contribution in [0.4, 0.5) is 11.4 Å². The van der Waals surface area contributed by atoms with Gasteiger partial charge in [0.05, 0.1) is 16.6 Å². The van der Waals surface area contributed by atoms with Crippen molar-refractivity contribution in [1.82, 2.24) is 0 Å². The van der Waals surface area contributed by atoms with Crippen LogP contribution in [0, 0.1) is 21.4 Å². The van der Waals surface area contributed by atoms with Gasteiger partial charge in [-0.1, -0.05) is 17.7 Å². The zero-order valence-corrected chi connectivity index (χ0v) is 12.0. The standard InChI is InChI=1S/C15H12ClN3O2/c1-18(14-4-2-3-11(7-14)9-17)10-12-5-6-13(16)8-15(12)19(20)21/h2-8H,10H2,1H3. The van der Waals surface area contributed by atoms with Crippen LogP contribution in [-0.2, 0) is 6.54 Å². The fraction of sp³-hybridized carbons (Fsp3) is 0.133. The topological polar surface area (TPSA) is 70.2 Å². The summed E-state index contributed by atoms with van der Waals surface area (Å²) in [5.74, 6) is 0. The molecule has 2 aromatic carbocycles. The smallest absolute Gasteiger partial charge is 0.275 e. The van der Waals surface area contributed by atoms with Gasteiger partial charge in [-0.15, -0.1) is 0 Å². The Hall–Kier alpha value is -2.58. The first-order valence-corrected chi connectivity index (χ1v) is 6.53. The van der Waals surface area contributed by atoms with Crippen LogP contribution in [0.15, 0.2) is 42.5 Å². The summed E-state index contributed by atoms with van der Waals surface area (Å²) in [6.45, 7) is 0.350. The third kappa shape index (κ3) is 3.50. The molecule has 0 spiro atoms. The highest BCUT2D eigenvalue weighted by Gasteiger charge is 2.16. The van der Waals surface area contributed by atoms with E-state index in [2.05, 4.69) is 6.07 Å². The van der Waals surface area contributed by atoms with Gasteiger partial charge in [-0.25, -0.2) is 0 Å². The van der Waals surface area contributed by atoms with E-state index in [4.69, 9.17) is 16.9 Å². The highest BCUT2D eigenvalue weighted by atomic mass is 35.5. The molecule has 6 heteroatoms.